The van der Waals surface area contributed by atoms with Crippen LogP contribution in [0.1, 0.15) is 18.0 Å². The number of hydrazine groups is 1. The molecule has 1 aliphatic rings. The molecule has 0 radical (unpaired) electrons. The predicted molar refractivity (Wildman–Crippen MR) is 88.9 cm³/mol. The molecule has 3 N–H and O–H groups in total. The molecule has 1 heterocycles. The third-order valence-corrected chi connectivity index (χ3v) is 4.35. The van der Waals surface area contributed by atoms with E-state index in [1.807, 2.05) is 24.3 Å². The highest BCUT2D eigenvalue weighted by Gasteiger charge is 2.31. The molecule has 2 atom stereocenters. The summed E-state index contributed by atoms with van der Waals surface area (Å²) in [5.74, 6) is -0.701. The molecule has 1 amide bonds. The summed E-state index contributed by atoms with van der Waals surface area (Å²) in [5, 5.41) is 3.50. The molecule has 0 saturated carbocycles. The second-order valence-electron chi connectivity index (χ2n) is 5.26. The molecule has 3 rings (SSSR count). The van der Waals surface area contributed by atoms with Gasteiger partial charge in [0.1, 0.15) is 11.9 Å². The molecule has 0 bridgehead atoms. The molecule has 0 aromatic heterocycles. The van der Waals surface area contributed by atoms with Gasteiger partial charge >= 0.3 is 0 Å². The van der Waals surface area contributed by atoms with Crippen molar-refractivity contribution in [3.05, 3.63) is 63.9 Å². The second kappa shape index (κ2) is 6.84. The monoisotopic (exact) mass is 353 g/mol. The van der Waals surface area contributed by atoms with Crippen LogP contribution in [0.2, 0.25) is 10.0 Å². The lowest BCUT2D eigenvalue weighted by molar-refractivity contribution is -0.117. The van der Waals surface area contributed by atoms with Gasteiger partial charge in [0.25, 0.3) is 0 Å². The number of carbonyl (C=O) groups excluding carboxylic acids is 1. The second-order valence-corrected chi connectivity index (χ2v) is 6.08. The van der Waals surface area contributed by atoms with Crippen molar-refractivity contribution in [3.63, 3.8) is 0 Å². The third kappa shape index (κ3) is 3.64. The minimum absolute atomic E-state index is 0.0665. The van der Waals surface area contributed by atoms with Gasteiger partial charge in [0, 0.05) is 11.1 Å². The van der Waals surface area contributed by atoms with Crippen LogP contribution in [0.3, 0.4) is 0 Å². The zero-order chi connectivity index (χ0) is 16.4. The van der Waals surface area contributed by atoms with Crippen molar-refractivity contribution < 1.29 is 9.18 Å². The number of benzene rings is 2. The molecule has 1 fully saturated rings. The number of rotatable bonds is 3. The maximum absolute atomic E-state index is 13.0. The number of carbonyl (C=O) groups is 1. The summed E-state index contributed by atoms with van der Waals surface area (Å²) in [6.45, 7) is 0. The summed E-state index contributed by atoms with van der Waals surface area (Å²) < 4.78 is 13.0. The van der Waals surface area contributed by atoms with Crippen molar-refractivity contribution in [2.24, 2.45) is 0 Å². The Balaban J connectivity index is 1.67. The molecule has 2 unspecified atom stereocenters. The lowest BCUT2D eigenvalue weighted by atomic mass is 10.0. The fourth-order valence-corrected chi connectivity index (χ4v) is 2.98. The molecule has 4 nitrogen and oxygen atoms in total. The SMILES string of the molecule is O=C(Nc1ccc(F)cc1Cl)C1CC(c2ccccc2Cl)NN1. The van der Waals surface area contributed by atoms with Crippen molar-refractivity contribution in [1.82, 2.24) is 10.9 Å². The summed E-state index contributed by atoms with van der Waals surface area (Å²) >= 11 is 12.1. The van der Waals surface area contributed by atoms with Crippen LogP contribution in [0.25, 0.3) is 0 Å². The maximum Gasteiger partial charge on any atom is 0.242 e. The van der Waals surface area contributed by atoms with Crippen LogP contribution >= 0.6 is 23.2 Å². The Kier molecular flexibility index (Phi) is 4.82. The van der Waals surface area contributed by atoms with Crippen LogP contribution in [-0.2, 0) is 4.79 Å². The Morgan fingerprint density at radius 2 is 1.91 bits per heavy atom. The van der Waals surface area contributed by atoms with Gasteiger partial charge < -0.3 is 5.32 Å². The average molecular weight is 354 g/mol. The third-order valence-electron chi connectivity index (χ3n) is 3.69. The number of amides is 1. The highest BCUT2D eigenvalue weighted by atomic mass is 35.5. The molecular weight excluding hydrogens is 340 g/mol. The first-order valence-corrected chi connectivity index (χ1v) is 7.81. The molecule has 120 valence electrons. The molecule has 1 aliphatic heterocycles. The van der Waals surface area contributed by atoms with Gasteiger partial charge in [-0.2, -0.15) is 0 Å². The van der Waals surface area contributed by atoms with Crippen LogP contribution in [0.4, 0.5) is 10.1 Å². The fraction of sp³-hybridized carbons (Fsp3) is 0.188. The normalized spacial score (nSPS) is 20.5. The Morgan fingerprint density at radius 1 is 1.13 bits per heavy atom. The first kappa shape index (κ1) is 16.2. The summed E-state index contributed by atoms with van der Waals surface area (Å²) in [4.78, 5) is 12.3. The van der Waals surface area contributed by atoms with Crippen molar-refractivity contribution in [1.29, 1.82) is 0 Å². The van der Waals surface area contributed by atoms with Crippen LogP contribution < -0.4 is 16.2 Å². The summed E-state index contributed by atoms with van der Waals surface area (Å²) in [7, 11) is 0. The summed E-state index contributed by atoms with van der Waals surface area (Å²) in [6, 6.07) is 10.8. The van der Waals surface area contributed by atoms with Crippen LogP contribution in [0, 0.1) is 5.82 Å². The molecule has 2 aromatic rings. The average Bonchev–Trinajstić information content (AvgIpc) is 3.00. The first-order valence-electron chi connectivity index (χ1n) is 7.06. The Labute approximate surface area is 142 Å². The van der Waals surface area contributed by atoms with Gasteiger partial charge in [-0.15, -0.1) is 0 Å². The number of hydrogen-bond donors (Lipinski definition) is 3. The fourth-order valence-electron chi connectivity index (χ4n) is 2.50. The number of anilines is 1. The van der Waals surface area contributed by atoms with E-state index in [1.165, 1.54) is 12.1 Å². The van der Waals surface area contributed by atoms with Gasteiger partial charge in [0.15, 0.2) is 0 Å². The summed E-state index contributed by atoms with van der Waals surface area (Å²) in [5.41, 5.74) is 7.31. The van der Waals surface area contributed by atoms with E-state index in [2.05, 4.69) is 16.2 Å². The van der Waals surface area contributed by atoms with Crippen LogP contribution in [0.15, 0.2) is 42.5 Å². The molecule has 23 heavy (non-hydrogen) atoms. The van der Waals surface area contributed by atoms with Gasteiger partial charge in [-0.25, -0.2) is 15.2 Å². The summed E-state index contributed by atoms with van der Waals surface area (Å²) in [6.07, 6.45) is 0.536. The zero-order valence-electron chi connectivity index (χ0n) is 11.9. The topological polar surface area (TPSA) is 53.2 Å². The molecule has 0 aliphatic carbocycles. The standard InChI is InChI=1S/C16H14Cl2FN3O/c17-11-4-2-1-3-10(11)14-8-15(22-21-14)16(23)20-13-6-5-9(19)7-12(13)18/h1-7,14-15,21-22H,8H2,(H,20,23). The molecular formula is C16H14Cl2FN3O. The van der Waals surface area contributed by atoms with E-state index < -0.39 is 11.9 Å². The van der Waals surface area contributed by atoms with E-state index in [4.69, 9.17) is 23.2 Å². The quantitative estimate of drug-likeness (QED) is 0.788. The number of halogens is 3. The van der Waals surface area contributed by atoms with Gasteiger partial charge in [0.05, 0.1) is 10.7 Å². The Hall–Kier alpha value is -1.66. The number of nitrogens with one attached hydrogen (secondary N) is 3. The minimum Gasteiger partial charge on any atom is -0.323 e. The van der Waals surface area contributed by atoms with Crippen molar-refractivity contribution >= 4 is 34.8 Å². The van der Waals surface area contributed by atoms with E-state index in [0.29, 0.717) is 17.1 Å². The Bertz CT molecular complexity index is 741. The lowest BCUT2D eigenvalue weighted by Gasteiger charge is -2.12. The lowest BCUT2D eigenvalue weighted by Crippen LogP contribution is -2.39. The number of hydrogen-bond acceptors (Lipinski definition) is 3. The predicted octanol–water partition coefficient (Wildman–Crippen LogP) is 3.68. The molecule has 1 saturated heterocycles. The van der Waals surface area contributed by atoms with E-state index in [0.717, 1.165) is 11.6 Å². The largest absolute Gasteiger partial charge is 0.323 e. The molecule has 7 heteroatoms. The zero-order valence-corrected chi connectivity index (χ0v) is 13.5. The van der Waals surface area contributed by atoms with Gasteiger partial charge in [-0.05, 0) is 36.2 Å². The van der Waals surface area contributed by atoms with E-state index in [1.54, 1.807) is 0 Å². The van der Waals surface area contributed by atoms with E-state index in [9.17, 15) is 9.18 Å². The van der Waals surface area contributed by atoms with Crippen molar-refractivity contribution in [3.8, 4) is 0 Å². The van der Waals surface area contributed by atoms with Crippen LogP contribution in [-0.4, -0.2) is 11.9 Å². The van der Waals surface area contributed by atoms with Crippen LogP contribution in [0.5, 0.6) is 0 Å². The van der Waals surface area contributed by atoms with Crippen molar-refractivity contribution in [2.75, 3.05) is 5.32 Å². The minimum atomic E-state index is -0.451. The highest BCUT2D eigenvalue weighted by Crippen LogP contribution is 2.29. The highest BCUT2D eigenvalue weighted by molar-refractivity contribution is 6.33. The van der Waals surface area contributed by atoms with E-state index in [-0.39, 0.29) is 17.0 Å². The molecule has 2 aromatic carbocycles. The van der Waals surface area contributed by atoms with Gasteiger partial charge in [0.2, 0.25) is 5.91 Å². The maximum atomic E-state index is 13.0. The van der Waals surface area contributed by atoms with Crippen molar-refractivity contribution in [2.45, 2.75) is 18.5 Å². The van der Waals surface area contributed by atoms with E-state index >= 15 is 0 Å². The smallest absolute Gasteiger partial charge is 0.242 e. The van der Waals surface area contributed by atoms with Gasteiger partial charge in [-0.3, -0.25) is 4.79 Å². The molecule has 0 spiro atoms. The first-order chi connectivity index (χ1) is 11.0. The Morgan fingerprint density at radius 3 is 2.65 bits per heavy atom. The van der Waals surface area contributed by atoms with Gasteiger partial charge in [-0.1, -0.05) is 41.4 Å².